The minimum Gasteiger partial charge on any atom is -0.311 e. The maximum atomic E-state index is 13.2. The van der Waals surface area contributed by atoms with Crippen LogP contribution in [0.15, 0.2) is 18.2 Å². The van der Waals surface area contributed by atoms with Crippen molar-refractivity contribution >= 4 is 11.6 Å². The Hall–Kier alpha value is -1.49. The van der Waals surface area contributed by atoms with Gasteiger partial charge in [-0.3, -0.25) is 0 Å². The standard InChI is InChI=1S/C13H12ClF2N3/c14-7-13-18-17-12(19(13)9-2-3-9)6-8-1-4-10(15)11(16)5-8/h1,4-5,9H,2-3,6-7H2. The number of benzene rings is 1. The molecule has 1 saturated carbocycles. The number of alkyl halides is 1. The van der Waals surface area contributed by atoms with Crippen LogP contribution in [0.4, 0.5) is 8.78 Å². The van der Waals surface area contributed by atoms with Crippen LogP contribution in [0, 0.1) is 11.6 Å². The average Bonchev–Trinajstić information content (AvgIpc) is 3.16. The molecule has 1 aromatic carbocycles. The molecule has 0 bridgehead atoms. The van der Waals surface area contributed by atoms with Crippen molar-refractivity contribution in [3.05, 3.63) is 47.0 Å². The normalized spacial score (nSPS) is 14.9. The van der Waals surface area contributed by atoms with Crippen molar-refractivity contribution in [2.24, 2.45) is 0 Å². The van der Waals surface area contributed by atoms with E-state index in [9.17, 15) is 8.78 Å². The molecule has 0 atom stereocenters. The summed E-state index contributed by atoms with van der Waals surface area (Å²) in [7, 11) is 0. The van der Waals surface area contributed by atoms with Crippen LogP contribution in [0.1, 0.15) is 36.1 Å². The fourth-order valence-corrected chi connectivity index (χ4v) is 2.34. The van der Waals surface area contributed by atoms with Crippen molar-refractivity contribution in [3.63, 3.8) is 0 Å². The number of halogens is 3. The molecule has 1 fully saturated rings. The highest BCUT2D eigenvalue weighted by Crippen LogP contribution is 2.37. The van der Waals surface area contributed by atoms with Gasteiger partial charge in [0.25, 0.3) is 0 Å². The molecule has 19 heavy (non-hydrogen) atoms. The Morgan fingerprint density at radius 3 is 2.53 bits per heavy atom. The zero-order valence-corrected chi connectivity index (χ0v) is 10.9. The zero-order chi connectivity index (χ0) is 13.4. The first-order chi connectivity index (χ1) is 9.19. The van der Waals surface area contributed by atoms with Crippen molar-refractivity contribution < 1.29 is 8.78 Å². The van der Waals surface area contributed by atoms with Crippen molar-refractivity contribution in [1.29, 1.82) is 0 Å². The third-order valence-corrected chi connectivity index (χ3v) is 3.45. The molecule has 0 spiro atoms. The minimum absolute atomic E-state index is 0.307. The largest absolute Gasteiger partial charge is 0.311 e. The van der Waals surface area contributed by atoms with E-state index in [1.165, 1.54) is 6.07 Å². The van der Waals surface area contributed by atoms with Crippen molar-refractivity contribution in [2.75, 3.05) is 0 Å². The maximum Gasteiger partial charge on any atom is 0.159 e. The summed E-state index contributed by atoms with van der Waals surface area (Å²) in [4.78, 5) is 0. The molecular formula is C13H12ClF2N3. The van der Waals surface area contributed by atoms with Crippen LogP contribution in [0.5, 0.6) is 0 Å². The molecule has 100 valence electrons. The predicted octanol–water partition coefficient (Wildman–Crippen LogP) is 3.22. The summed E-state index contributed by atoms with van der Waals surface area (Å²) in [6.07, 6.45) is 2.61. The van der Waals surface area contributed by atoms with Crippen LogP contribution in [0.3, 0.4) is 0 Å². The second-order valence-electron chi connectivity index (χ2n) is 4.69. The molecule has 6 heteroatoms. The number of hydrogen-bond acceptors (Lipinski definition) is 2. The molecule has 0 unspecified atom stereocenters. The second-order valence-corrected chi connectivity index (χ2v) is 4.96. The van der Waals surface area contributed by atoms with E-state index >= 15 is 0 Å². The van der Waals surface area contributed by atoms with E-state index in [-0.39, 0.29) is 0 Å². The summed E-state index contributed by atoms with van der Waals surface area (Å²) in [5, 5.41) is 8.15. The van der Waals surface area contributed by atoms with Gasteiger partial charge in [-0.2, -0.15) is 0 Å². The van der Waals surface area contributed by atoms with Gasteiger partial charge in [0.1, 0.15) is 11.6 Å². The first kappa shape index (κ1) is 12.5. The van der Waals surface area contributed by atoms with Crippen LogP contribution in [-0.4, -0.2) is 14.8 Å². The van der Waals surface area contributed by atoms with Gasteiger partial charge in [-0.05, 0) is 30.5 Å². The third-order valence-electron chi connectivity index (χ3n) is 3.21. The monoisotopic (exact) mass is 283 g/mol. The molecule has 0 aliphatic heterocycles. The second kappa shape index (κ2) is 4.89. The molecule has 1 aliphatic carbocycles. The number of nitrogens with zero attached hydrogens (tertiary/aromatic N) is 3. The number of aromatic nitrogens is 3. The van der Waals surface area contributed by atoms with E-state index in [2.05, 4.69) is 10.2 Å². The van der Waals surface area contributed by atoms with Crippen molar-refractivity contribution in [3.8, 4) is 0 Å². The van der Waals surface area contributed by atoms with Crippen LogP contribution < -0.4 is 0 Å². The average molecular weight is 284 g/mol. The number of rotatable bonds is 4. The summed E-state index contributed by atoms with van der Waals surface area (Å²) in [6.45, 7) is 0. The highest BCUT2D eigenvalue weighted by atomic mass is 35.5. The molecule has 1 heterocycles. The molecule has 0 radical (unpaired) electrons. The molecule has 1 aliphatic rings. The predicted molar refractivity (Wildman–Crippen MR) is 67.0 cm³/mol. The third kappa shape index (κ3) is 2.47. The van der Waals surface area contributed by atoms with E-state index in [1.807, 2.05) is 4.57 Å². The minimum atomic E-state index is -0.840. The lowest BCUT2D eigenvalue weighted by molar-refractivity contribution is 0.507. The Morgan fingerprint density at radius 2 is 1.89 bits per heavy atom. The fraction of sp³-hybridized carbons (Fsp3) is 0.385. The molecule has 0 saturated heterocycles. The van der Waals surface area contributed by atoms with Crippen LogP contribution >= 0.6 is 11.6 Å². The summed E-state index contributed by atoms with van der Waals surface area (Å²) in [5.41, 5.74) is 0.675. The lowest BCUT2D eigenvalue weighted by Gasteiger charge is -2.07. The molecule has 0 amide bonds. The Kier molecular flexibility index (Phi) is 3.22. The van der Waals surface area contributed by atoms with Crippen LogP contribution in [0.2, 0.25) is 0 Å². The lowest BCUT2D eigenvalue weighted by Crippen LogP contribution is -2.06. The van der Waals surface area contributed by atoms with Crippen LogP contribution in [0.25, 0.3) is 0 Å². The molecular weight excluding hydrogens is 272 g/mol. The summed E-state index contributed by atoms with van der Waals surface area (Å²) < 4.78 is 28.1. The lowest BCUT2D eigenvalue weighted by atomic mass is 10.1. The maximum absolute atomic E-state index is 13.2. The highest BCUT2D eigenvalue weighted by Gasteiger charge is 2.29. The molecule has 3 rings (SSSR count). The van der Waals surface area contributed by atoms with Gasteiger partial charge in [-0.15, -0.1) is 21.8 Å². The van der Waals surface area contributed by atoms with E-state index < -0.39 is 11.6 Å². The van der Waals surface area contributed by atoms with Gasteiger partial charge in [0.15, 0.2) is 11.6 Å². The van der Waals surface area contributed by atoms with Crippen LogP contribution in [-0.2, 0) is 12.3 Å². The molecule has 2 aromatic rings. The van der Waals surface area contributed by atoms with E-state index in [0.29, 0.717) is 23.9 Å². The Labute approximate surface area is 114 Å². The Morgan fingerprint density at radius 1 is 1.16 bits per heavy atom. The molecule has 1 aromatic heterocycles. The van der Waals surface area contributed by atoms with E-state index in [4.69, 9.17) is 11.6 Å². The van der Waals surface area contributed by atoms with Gasteiger partial charge in [-0.1, -0.05) is 6.07 Å². The highest BCUT2D eigenvalue weighted by molar-refractivity contribution is 6.16. The van der Waals surface area contributed by atoms with Gasteiger partial charge in [-0.25, -0.2) is 8.78 Å². The Bertz CT molecular complexity index is 608. The van der Waals surface area contributed by atoms with Crippen molar-refractivity contribution in [2.45, 2.75) is 31.2 Å². The fourth-order valence-electron chi connectivity index (χ4n) is 2.16. The SMILES string of the molecule is Fc1ccc(Cc2nnc(CCl)n2C2CC2)cc1F. The van der Waals surface area contributed by atoms with E-state index in [1.54, 1.807) is 6.07 Å². The quantitative estimate of drug-likeness (QED) is 0.807. The summed E-state index contributed by atoms with van der Waals surface area (Å²) in [5.74, 6) is 0.119. The summed E-state index contributed by atoms with van der Waals surface area (Å²) in [6, 6.07) is 4.29. The van der Waals surface area contributed by atoms with Gasteiger partial charge in [0.05, 0.1) is 5.88 Å². The first-order valence-electron chi connectivity index (χ1n) is 6.11. The molecule has 0 N–H and O–H groups in total. The number of hydrogen-bond donors (Lipinski definition) is 0. The van der Waals surface area contributed by atoms with Gasteiger partial charge in [0, 0.05) is 12.5 Å². The smallest absolute Gasteiger partial charge is 0.159 e. The van der Waals surface area contributed by atoms with Gasteiger partial charge < -0.3 is 4.57 Å². The zero-order valence-electron chi connectivity index (χ0n) is 10.1. The van der Waals surface area contributed by atoms with Gasteiger partial charge >= 0.3 is 0 Å². The Balaban J connectivity index is 1.90. The molecule has 3 nitrogen and oxygen atoms in total. The summed E-state index contributed by atoms with van der Waals surface area (Å²) >= 11 is 5.83. The topological polar surface area (TPSA) is 30.7 Å². The van der Waals surface area contributed by atoms with Crippen molar-refractivity contribution in [1.82, 2.24) is 14.8 Å². The van der Waals surface area contributed by atoms with E-state index in [0.717, 1.165) is 30.6 Å². The van der Waals surface area contributed by atoms with Gasteiger partial charge in [0.2, 0.25) is 0 Å². The first-order valence-corrected chi connectivity index (χ1v) is 6.65.